The molecule has 0 bridgehead atoms. The summed E-state index contributed by atoms with van der Waals surface area (Å²) in [6, 6.07) is 11.3. The topological polar surface area (TPSA) is 82.2 Å². The first kappa shape index (κ1) is 26.6. The lowest BCUT2D eigenvalue weighted by atomic mass is 9.94. The SMILES string of the molecule is CCOC(=O)C1=C(CN2CCN(C(=O)c3ccc(Cl)cc3)[C@H](C)C2)N(C)C(=O)N[C@@H]1c1ccc(F)cc1. The lowest BCUT2D eigenvalue weighted by Gasteiger charge is -2.42. The number of ether oxygens (including phenoxy) is 1. The fourth-order valence-electron chi connectivity index (χ4n) is 4.75. The zero-order valence-electron chi connectivity index (χ0n) is 21.0. The third-order valence-corrected chi connectivity index (χ3v) is 6.96. The lowest BCUT2D eigenvalue weighted by Crippen LogP contribution is -2.56. The van der Waals surface area contributed by atoms with Crippen molar-refractivity contribution in [2.45, 2.75) is 25.9 Å². The molecule has 2 aromatic rings. The molecule has 10 heteroatoms. The summed E-state index contributed by atoms with van der Waals surface area (Å²) in [4.78, 5) is 44.4. The largest absolute Gasteiger partial charge is 0.463 e. The summed E-state index contributed by atoms with van der Waals surface area (Å²) in [6.07, 6.45) is 0. The summed E-state index contributed by atoms with van der Waals surface area (Å²) in [5.74, 6) is -1.02. The van der Waals surface area contributed by atoms with Crippen molar-refractivity contribution in [1.82, 2.24) is 20.0 Å². The number of piperazine rings is 1. The first-order chi connectivity index (χ1) is 17.7. The Morgan fingerprint density at radius 2 is 1.78 bits per heavy atom. The van der Waals surface area contributed by atoms with Crippen LogP contribution in [-0.4, -0.2) is 78.5 Å². The number of carbonyl (C=O) groups is 3. The number of benzene rings is 2. The van der Waals surface area contributed by atoms with Crippen LogP contribution in [-0.2, 0) is 9.53 Å². The smallest absolute Gasteiger partial charge is 0.338 e. The molecule has 196 valence electrons. The van der Waals surface area contributed by atoms with Crippen LogP contribution in [0.4, 0.5) is 9.18 Å². The third kappa shape index (κ3) is 5.78. The predicted octanol–water partition coefficient (Wildman–Crippen LogP) is 3.84. The summed E-state index contributed by atoms with van der Waals surface area (Å²) in [5, 5.41) is 3.41. The van der Waals surface area contributed by atoms with Gasteiger partial charge in [-0.3, -0.25) is 14.6 Å². The number of nitrogens with zero attached hydrogens (tertiary/aromatic N) is 3. The van der Waals surface area contributed by atoms with Gasteiger partial charge >= 0.3 is 12.0 Å². The van der Waals surface area contributed by atoms with E-state index in [4.69, 9.17) is 16.3 Å². The molecule has 2 atom stereocenters. The second-order valence-electron chi connectivity index (χ2n) is 9.16. The summed E-state index contributed by atoms with van der Waals surface area (Å²) in [5.41, 5.74) is 1.97. The maximum atomic E-state index is 13.6. The van der Waals surface area contributed by atoms with Crippen molar-refractivity contribution in [1.29, 1.82) is 0 Å². The summed E-state index contributed by atoms with van der Waals surface area (Å²) in [7, 11) is 1.61. The average Bonchev–Trinajstić information content (AvgIpc) is 2.87. The molecule has 0 aliphatic carbocycles. The van der Waals surface area contributed by atoms with Crippen LogP contribution in [0.3, 0.4) is 0 Å². The molecule has 1 N–H and O–H groups in total. The molecule has 2 aromatic carbocycles. The molecule has 0 spiro atoms. The van der Waals surface area contributed by atoms with E-state index in [1.165, 1.54) is 17.0 Å². The van der Waals surface area contributed by atoms with Gasteiger partial charge in [0, 0.05) is 55.6 Å². The van der Waals surface area contributed by atoms with E-state index in [9.17, 15) is 18.8 Å². The molecule has 0 unspecified atom stereocenters. The van der Waals surface area contributed by atoms with Gasteiger partial charge in [0.25, 0.3) is 5.91 Å². The number of rotatable bonds is 6. The Labute approximate surface area is 220 Å². The van der Waals surface area contributed by atoms with Crippen molar-refractivity contribution >= 4 is 29.5 Å². The number of carbonyl (C=O) groups excluding carboxylic acids is 3. The Morgan fingerprint density at radius 3 is 2.41 bits per heavy atom. The standard InChI is InChI=1S/C27H30ClFN4O4/c1-4-37-26(35)23-22(31(3)27(36)30-24(23)18-7-11-21(29)12-8-18)16-32-13-14-33(17(2)15-32)25(34)19-5-9-20(28)10-6-19/h5-12,17,24H,4,13-16H2,1-3H3,(H,30,36)/t17-,24-/m1/s1. The average molecular weight is 529 g/mol. The Kier molecular flexibility index (Phi) is 8.14. The van der Waals surface area contributed by atoms with Crippen molar-refractivity contribution in [3.05, 3.63) is 81.8 Å². The van der Waals surface area contributed by atoms with Gasteiger partial charge in [-0.2, -0.15) is 0 Å². The van der Waals surface area contributed by atoms with E-state index in [1.54, 1.807) is 50.4 Å². The Balaban J connectivity index is 1.59. The molecule has 2 heterocycles. The lowest BCUT2D eigenvalue weighted by molar-refractivity contribution is -0.139. The highest BCUT2D eigenvalue weighted by Gasteiger charge is 2.38. The highest BCUT2D eigenvalue weighted by molar-refractivity contribution is 6.30. The van der Waals surface area contributed by atoms with Crippen molar-refractivity contribution in [3.63, 3.8) is 0 Å². The van der Waals surface area contributed by atoms with Crippen LogP contribution in [0, 0.1) is 5.82 Å². The highest BCUT2D eigenvalue weighted by Crippen LogP contribution is 2.32. The quantitative estimate of drug-likeness (QED) is 0.576. The monoisotopic (exact) mass is 528 g/mol. The first-order valence-corrected chi connectivity index (χ1v) is 12.6. The first-order valence-electron chi connectivity index (χ1n) is 12.2. The zero-order chi connectivity index (χ0) is 26.7. The molecule has 0 saturated carbocycles. The summed E-state index contributed by atoms with van der Waals surface area (Å²) in [6.45, 7) is 5.76. The number of amides is 3. The summed E-state index contributed by atoms with van der Waals surface area (Å²) >= 11 is 5.96. The number of urea groups is 1. The summed E-state index contributed by atoms with van der Waals surface area (Å²) < 4.78 is 18.9. The normalized spacial score (nSPS) is 20.6. The number of likely N-dealkylation sites (N-methyl/N-ethyl adjacent to an activating group) is 1. The van der Waals surface area contributed by atoms with E-state index in [1.807, 2.05) is 11.8 Å². The van der Waals surface area contributed by atoms with Gasteiger partial charge in [0.15, 0.2) is 0 Å². The minimum Gasteiger partial charge on any atom is -0.463 e. The Morgan fingerprint density at radius 1 is 1.11 bits per heavy atom. The Bertz CT molecular complexity index is 1200. The van der Waals surface area contributed by atoms with Gasteiger partial charge in [-0.05, 0) is 55.8 Å². The van der Waals surface area contributed by atoms with Crippen LogP contribution in [0.25, 0.3) is 0 Å². The van der Waals surface area contributed by atoms with Gasteiger partial charge in [-0.15, -0.1) is 0 Å². The van der Waals surface area contributed by atoms with Crippen LogP contribution >= 0.6 is 11.6 Å². The fraction of sp³-hybridized carbons (Fsp3) is 0.370. The van der Waals surface area contributed by atoms with E-state index in [0.29, 0.717) is 53.6 Å². The van der Waals surface area contributed by atoms with Crippen molar-refractivity contribution in [2.75, 3.05) is 39.8 Å². The molecule has 2 aliphatic heterocycles. The van der Waals surface area contributed by atoms with Crippen LogP contribution < -0.4 is 5.32 Å². The van der Waals surface area contributed by atoms with E-state index >= 15 is 0 Å². The molecule has 3 amide bonds. The van der Waals surface area contributed by atoms with Crippen LogP contribution in [0.2, 0.25) is 5.02 Å². The number of halogens is 2. The van der Waals surface area contributed by atoms with Gasteiger partial charge in [0.2, 0.25) is 0 Å². The van der Waals surface area contributed by atoms with Gasteiger partial charge in [-0.25, -0.2) is 14.0 Å². The molecule has 1 fully saturated rings. The van der Waals surface area contributed by atoms with E-state index < -0.39 is 17.8 Å². The van der Waals surface area contributed by atoms with Gasteiger partial charge in [0.05, 0.1) is 18.2 Å². The third-order valence-electron chi connectivity index (χ3n) is 6.71. The number of hydrogen-bond acceptors (Lipinski definition) is 5. The highest BCUT2D eigenvalue weighted by atomic mass is 35.5. The zero-order valence-corrected chi connectivity index (χ0v) is 21.8. The molecular formula is C27H30ClFN4O4. The second-order valence-corrected chi connectivity index (χ2v) is 9.60. The maximum absolute atomic E-state index is 13.6. The minimum absolute atomic E-state index is 0.0687. The second kappa shape index (κ2) is 11.3. The molecule has 8 nitrogen and oxygen atoms in total. The van der Waals surface area contributed by atoms with E-state index in [-0.39, 0.29) is 24.6 Å². The molecule has 1 saturated heterocycles. The van der Waals surface area contributed by atoms with Crippen molar-refractivity contribution < 1.29 is 23.5 Å². The predicted molar refractivity (Wildman–Crippen MR) is 137 cm³/mol. The molecule has 0 radical (unpaired) electrons. The Hall–Kier alpha value is -3.43. The van der Waals surface area contributed by atoms with E-state index in [2.05, 4.69) is 10.2 Å². The molecule has 4 rings (SSSR count). The number of hydrogen-bond donors (Lipinski definition) is 1. The minimum atomic E-state index is -0.774. The van der Waals surface area contributed by atoms with Gasteiger partial charge < -0.3 is 15.0 Å². The van der Waals surface area contributed by atoms with Crippen molar-refractivity contribution in [2.24, 2.45) is 0 Å². The van der Waals surface area contributed by atoms with Crippen LogP contribution in [0.5, 0.6) is 0 Å². The van der Waals surface area contributed by atoms with Gasteiger partial charge in [-0.1, -0.05) is 23.7 Å². The number of nitrogens with one attached hydrogen (secondary N) is 1. The maximum Gasteiger partial charge on any atom is 0.338 e. The van der Waals surface area contributed by atoms with Crippen molar-refractivity contribution in [3.8, 4) is 0 Å². The number of esters is 1. The van der Waals surface area contributed by atoms with E-state index in [0.717, 1.165) is 0 Å². The fourth-order valence-corrected chi connectivity index (χ4v) is 4.88. The van der Waals surface area contributed by atoms with Crippen LogP contribution in [0.15, 0.2) is 59.8 Å². The molecule has 2 aliphatic rings. The van der Waals surface area contributed by atoms with Gasteiger partial charge in [0.1, 0.15) is 5.82 Å². The molecule has 37 heavy (non-hydrogen) atoms. The molecule has 0 aromatic heterocycles. The van der Waals surface area contributed by atoms with Crippen LogP contribution in [0.1, 0.15) is 35.8 Å². The molecular weight excluding hydrogens is 499 g/mol.